The van der Waals surface area contributed by atoms with Crippen molar-refractivity contribution in [3.63, 3.8) is 0 Å². The molecule has 0 radical (unpaired) electrons. The van der Waals surface area contributed by atoms with Gasteiger partial charge < -0.3 is 15.4 Å². The topological polar surface area (TPSA) is 94.0 Å². The quantitative estimate of drug-likeness (QED) is 0.594. The maximum atomic E-state index is 12.2. The zero-order valence-corrected chi connectivity index (χ0v) is 15.3. The molecule has 8 heteroatoms. The molecular weight excluding hydrogens is 344 g/mol. The molecule has 140 valence electrons. The number of carbonyl (C=O) groups excluding carboxylic acids is 1. The summed E-state index contributed by atoms with van der Waals surface area (Å²) in [5, 5.41) is 6.05. The van der Waals surface area contributed by atoms with E-state index in [1.165, 1.54) is 6.33 Å². The minimum atomic E-state index is -0.128. The number of hydrogen-bond donors (Lipinski definition) is 2. The maximum Gasteiger partial charge on any atom is 0.251 e. The van der Waals surface area contributed by atoms with Crippen molar-refractivity contribution in [2.75, 3.05) is 25.0 Å². The Hall–Kier alpha value is -3.42. The number of aryl methyl sites for hydroxylation is 1. The van der Waals surface area contributed by atoms with Crippen molar-refractivity contribution in [1.29, 1.82) is 0 Å². The van der Waals surface area contributed by atoms with Gasteiger partial charge in [0, 0.05) is 37.1 Å². The molecule has 2 aromatic heterocycles. The lowest BCUT2D eigenvalue weighted by Crippen LogP contribution is -2.28. The van der Waals surface area contributed by atoms with E-state index in [4.69, 9.17) is 4.74 Å². The zero-order chi connectivity index (χ0) is 19.1. The van der Waals surface area contributed by atoms with Crippen LogP contribution in [0.25, 0.3) is 5.82 Å². The first-order valence-corrected chi connectivity index (χ1v) is 8.74. The highest BCUT2D eigenvalue weighted by Crippen LogP contribution is 2.12. The highest BCUT2D eigenvalue weighted by atomic mass is 16.5. The summed E-state index contributed by atoms with van der Waals surface area (Å²) in [6.07, 6.45) is 5.06. The largest absolute Gasteiger partial charge is 0.494 e. The van der Waals surface area contributed by atoms with Gasteiger partial charge in [-0.25, -0.2) is 15.0 Å². The highest BCUT2D eigenvalue weighted by Gasteiger charge is 2.06. The fraction of sp³-hybridized carbons (Fsp3) is 0.263. The second-order valence-electron chi connectivity index (χ2n) is 5.75. The van der Waals surface area contributed by atoms with E-state index in [9.17, 15) is 4.79 Å². The Bertz CT molecular complexity index is 891. The van der Waals surface area contributed by atoms with E-state index < -0.39 is 0 Å². The third kappa shape index (κ3) is 4.81. The fourth-order valence-corrected chi connectivity index (χ4v) is 2.53. The van der Waals surface area contributed by atoms with Gasteiger partial charge in [0.2, 0.25) is 0 Å². The lowest BCUT2D eigenvalue weighted by atomic mass is 10.2. The normalized spacial score (nSPS) is 10.4. The summed E-state index contributed by atoms with van der Waals surface area (Å²) in [6.45, 7) is 5.44. The van der Waals surface area contributed by atoms with Crippen molar-refractivity contribution >= 4 is 11.7 Å². The Labute approximate surface area is 157 Å². The second-order valence-corrected chi connectivity index (χ2v) is 5.75. The SMILES string of the molecule is CCOc1ccc(C(=O)NCCNc2cc(-n3ccnc3C)ncn2)cc1. The molecule has 3 aromatic rings. The third-order valence-corrected chi connectivity index (χ3v) is 3.87. The summed E-state index contributed by atoms with van der Waals surface area (Å²) in [7, 11) is 0. The molecule has 3 rings (SSSR count). The number of hydrogen-bond acceptors (Lipinski definition) is 6. The lowest BCUT2D eigenvalue weighted by molar-refractivity contribution is 0.0955. The number of rotatable bonds is 8. The first-order chi connectivity index (χ1) is 13.2. The van der Waals surface area contributed by atoms with E-state index in [2.05, 4.69) is 25.6 Å². The van der Waals surface area contributed by atoms with Gasteiger partial charge in [-0.3, -0.25) is 9.36 Å². The molecule has 2 N–H and O–H groups in total. The van der Waals surface area contributed by atoms with Crippen LogP contribution in [-0.2, 0) is 0 Å². The van der Waals surface area contributed by atoms with Gasteiger partial charge in [0.1, 0.15) is 29.5 Å². The molecule has 0 fully saturated rings. The van der Waals surface area contributed by atoms with E-state index in [0.717, 1.165) is 17.4 Å². The van der Waals surface area contributed by atoms with Crippen molar-refractivity contribution in [1.82, 2.24) is 24.8 Å². The first kappa shape index (κ1) is 18.4. The third-order valence-electron chi connectivity index (χ3n) is 3.87. The van der Waals surface area contributed by atoms with E-state index in [1.807, 2.05) is 30.7 Å². The summed E-state index contributed by atoms with van der Waals surface area (Å²) in [4.78, 5) is 24.8. The van der Waals surface area contributed by atoms with Gasteiger partial charge in [0.25, 0.3) is 5.91 Å². The van der Waals surface area contributed by atoms with E-state index in [-0.39, 0.29) is 5.91 Å². The van der Waals surface area contributed by atoms with Crippen molar-refractivity contribution in [3.05, 3.63) is 60.4 Å². The summed E-state index contributed by atoms with van der Waals surface area (Å²) in [5.74, 6) is 2.90. The van der Waals surface area contributed by atoms with Crippen LogP contribution in [0.4, 0.5) is 5.82 Å². The van der Waals surface area contributed by atoms with E-state index >= 15 is 0 Å². The minimum Gasteiger partial charge on any atom is -0.494 e. The predicted molar refractivity (Wildman–Crippen MR) is 102 cm³/mol. The molecule has 0 unspecified atom stereocenters. The molecule has 0 atom stereocenters. The monoisotopic (exact) mass is 366 g/mol. The number of nitrogens with one attached hydrogen (secondary N) is 2. The van der Waals surface area contributed by atoms with Crippen LogP contribution in [-0.4, -0.2) is 45.1 Å². The van der Waals surface area contributed by atoms with Crippen molar-refractivity contribution < 1.29 is 9.53 Å². The van der Waals surface area contributed by atoms with Gasteiger partial charge in [0.15, 0.2) is 0 Å². The number of nitrogens with zero attached hydrogens (tertiary/aromatic N) is 4. The van der Waals surface area contributed by atoms with Crippen molar-refractivity contribution in [2.24, 2.45) is 0 Å². The average Bonchev–Trinajstić information content (AvgIpc) is 3.12. The first-order valence-electron chi connectivity index (χ1n) is 8.74. The standard InChI is InChI=1S/C19H22N6O2/c1-3-27-16-6-4-15(5-7-16)19(26)22-9-8-21-17-12-18(24-13-23-17)25-11-10-20-14(25)2/h4-7,10-13H,3,8-9H2,1-2H3,(H,22,26)(H,21,23,24). The van der Waals surface area contributed by atoms with Gasteiger partial charge >= 0.3 is 0 Å². The van der Waals surface area contributed by atoms with Crippen LogP contribution >= 0.6 is 0 Å². The van der Waals surface area contributed by atoms with Crippen LogP contribution in [0.5, 0.6) is 5.75 Å². The molecule has 2 heterocycles. The van der Waals surface area contributed by atoms with Crippen LogP contribution < -0.4 is 15.4 Å². The number of amides is 1. The molecule has 1 amide bonds. The predicted octanol–water partition coefficient (Wildman–Crippen LogP) is 2.21. The minimum absolute atomic E-state index is 0.128. The Kier molecular flexibility index (Phi) is 5.98. The number of anilines is 1. The molecule has 0 aliphatic rings. The molecule has 0 saturated heterocycles. The van der Waals surface area contributed by atoms with Gasteiger partial charge in [0.05, 0.1) is 6.61 Å². The van der Waals surface area contributed by atoms with Crippen LogP contribution in [0.15, 0.2) is 49.1 Å². The lowest BCUT2D eigenvalue weighted by Gasteiger charge is -2.09. The highest BCUT2D eigenvalue weighted by molar-refractivity contribution is 5.94. The number of ether oxygens (including phenoxy) is 1. The Morgan fingerprint density at radius 2 is 1.96 bits per heavy atom. The van der Waals surface area contributed by atoms with Crippen LogP contribution in [0.2, 0.25) is 0 Å². The Balaban J connectivity index is 1.49. The number of aromatic nitrogens is 4. The Morgan fingerprint density at radius 3 is 2.67 bits per heavy atom. The molecule has 0 saturated carbocycles. The van der Waals surface area contributed by atoms with Gasteiger partial charge in [-0.05, 0) is 38.1 Å². The number of imidazole rings is 1. The molecule has 0 bridgehead atoms. The van der Waals surface area contributed by atoms with Crippen molar-refractivity contribution in [2.45, 2.75) is 13.8 Å². The van der Waals surface area contributed by atoms with Crippen LogP contribution in [0, 0.1) is 6.92 Å². The molecule has 8 nitrogen and oxygen atoms in total. The molecule has 0 spiro atoms. The maximum absolute atomic E-state index is 12.2. The van der Waals surface area contributed by atoms with E-state index in [1.54, 1.807) is 30.5 Å². The Morgan fingerprint density at radius 1 is 1.15 bits per heavy atom. The molecule has 1 aromatic carbocycles. The van der Waals surface area contributed by atoms with Crippen LogP contribution in [0.3, 0.4) is 0 Å². The summed E-state index contributed by atoms with van der Waals surface area (Å²) in [6, 6.07) is 8.91. The summed E-state index contributed by atoms with van der Waals surface area (Å²) >= 11 is 0. The number of carbonyl (C=O) groups is 1. The molecule has 0 aliphatic heterocycles. The average molecular weight is 366 g/mol. The van der Waals surface area contributed by atoms with Crippen molar-refractivity contribution in [3.8, 4) is 11.6 Å². The summed E-state index contributed by atoms with van der Waals surface area (Å²) < 4.78 is 7.25. The summed E-state index contributed by atoms with van der Waals surface area (Å²) in [5.41, 5.74) is 0.596. The smallest absolute Gasteiger partial charge is 0.251 e. The van der Waals surface area contributed by atoms with Gasteiger partial charge in [-0.2, -0.15) is 0 Å². The van der Waals surface area contributed by atoms with E-state index in [0.29, 0.717) is 31.1 Å². The molecule has 27 heavy (non-hydrogen) atoms. The van der Waals surface area contributed by atoms with Gasteiger partial charge in [-0.1, -0.05) is 0 Å². The number of benzene rings is 1. The van der Waals surface area contributed by atoms with Crippen LogP contribution in [0.1, 0.15) is 23.1 Å². The fourth-order valence-electron chi connectivity index (χ4n) is 2.53. The van der Waals surface area contributed by atoms with Gasteiger partial charge in [-0.15, -0.1) is 0 Å². The molecule has 0 aliphatic carbocycles. The molecular formula is C19H22N6O2. The zero-order valence-electron chi connectivity index (χ0n) is 15.3. The second kappa shape index (κ2) is 8.79.